The third-order valence-corrected chi connectivity index (χ3v) is 2.68. The highest BCUT2D eigenvalue weighted by molar-refractivity contribution is 6.31. The van der Waals surface area contributed by atoms with Crippen molar-refractivity contribution in [2.75, 3.05) is 27.8 Å². The first-order chi connectivity index (χ1) is 8.06. The van der Waals surface area contributed by atoms with E-state index >= 15 is 0 Å². The zero-order valence-electron chi connectivity index (χ0n) is 10.2. The number of nitrogens with zero attached hydrogens (tertiary/aromatic N) is 1. The maximum Gasteiger partial charge on any atom is 0.319 e. The van der Waals surface area contributed by atoms with Crippen LogP contribution in [0.5, 0.6) is 5.75 Å². The van der Waals surface area contributed by atoms with Crippen LogP contribution in [0.1, 0.15) is 5.56 Å². The molecule has 0 saturated carbocycles. The molecule has 4 nitrogen and oxygen atoms in total. The molecular formula is C12H16ClNO3. The van der Waals surface area contributed by atoms with Crippen LogP contribution in [0.25, 0.3) is 0 Å². The van der Waals surface area contributed by atoms with Crippen molar-refractivity contribution in [1.82, 2.24) is 4.90 Å². The highest BCUT2D eigenvalue weighted by atomic mass is 35.5. The maximum absolute atomic E-state index is 11.1. The van der Waals surface area contributed by atoms with Gasteiger partial charge in [0.2, 0.25) is 0 Å². The Balaban J connectivity index is 2.65. The van der Waals surface area contributed by atoms with Crippen molar-refractivity contribution in [3.05, 3.63) is 28.8 Å². The second-order valence-electron chi connectivity index (χ2n) is 3.71. The molecule has 0 amide bonds. The van der Waals surface area contributed by atoms with Gasteiger partial charge in [0.25, 0.3) is 0 Å². The summed E-state index contributed by atoms with van der Waals surface area (Å²) in [4.78, 5) is 12.9. The molecule has 1 aromatic carbocycles. The van der Waals surface area contributed by atoms with Crippen LogP contribution >= 0.6 is 11.6 Å². The van der Waals surface area contributed by atoms with E-state index in [1.54, 1.807) is 13.2 Å². The van der Waals surface area contributed by atoms with Gasteiger partial charge in [0.15, 0.2) is 0 Å². The summed E-state index contributed by atoms with van der Waals surface area (Å²) in [5.74, 6) is 0.450. The lowest BCUT2D eigenvalue weighted by molar-refractivity contribution is -0.141. The average Bonchev–Trinajstić information content (AvgIpc) is 2.31. The lowest BCUT2D eigenvalue weighted by Gasteiger charge is -2.16. The summed E-state index contributed by atoms with van der Waals surface area (Å²) in [5.41, 5.74) is 0.943. The molecule has 0 bridgehead atoms. The van der Waals surface area contributed by atoms with E-state index in [2.05, 4.69) is 4.74 Å². The normalized spacial score (nSPS) is 10.4. The molecule has 0 aromatic heterocycles. The van der Waals surface area contributed by atoms with Crippen molar-refractivity contribution in [3.63, 3.8) is 0 Å². The molecule has 0 aliphatic rings. The van der Waals surface area contributed by atoms with Crippen LogP contribution in [-0.2, 0) is 16.1 Å². The smallest absolute Gasteiger partial charge is 0.319 e. The van der Waals surface area contributed by atoms with E-state index in [1.165, 1.54) is 7.11 Å². The molecule has 0 atom stereocenters. The van der Waals surface area contributed by atoms with Gasteiger partial charge in [0.05, 0.1) is 20.8 Å². The summed E-state index contributed by atoms with van der Waals surface area (Å²) in [6.07, 6.45) is 0. The fraction of sp³-hybridized carbons (Fsp3) is 0.417. The van der Waals surface area contributed by atoms with Crippen LogP contribution in [0.15, 0.2) is 18.2 Å². The van der Waals surface area contributed by atoms with E-state index in [4.69, 9.17) is 16.3 Å². The number of esters is 1. The van der Waals surface area contributed by atoms with E-state index in [9.17, 15) is 4.79 Å². The van der Waals surface area contributed by atoms with Crippen molar-refractivity contribution in [2.45, 2.75) is 6.54 Å². The SMILES string of the molecule is COC(=O)CN(C)Cc1ccc(OC)cc1Cl. The van der Waals surface area contributed by atoms with Crippen molar-refractivity contribution in [3.8, 4) is 5.75 Å². The number of methoxy groups -OCH3 is 2. The number of hydrogen-bond acceptors (Lipinski definition) is 4. The van der Waals surface area contributed by atoms with Gasteiger partial charge in [-0.1, -0.05) is 17.7 Å². The number of likely N-dealkylation sites (N-methyl/N-ethyl adjacent to an activating group) is 1. The third kappa shape index (κ3) is 4.24. The molecule has 0 fully saturated rings. The van der Waals surface area contributed by atoms with E-state index in [1.807, 2.05) is 24.1 Å². The molecule has 0 radical (unpaired) electrons. The number of carbonyl (C=O) groups is 1. The number of hydrogen-bond donors (Lipinski definition) is 0. The van der Waals surface area contributed by atoms with Crippen LogP contribution < -0.4 is 4.74 Å². The predicted molar refractivity (Wildman–Crippen MR) is 66.4 cm³/mol. The molecule has 0 saturated heterocycles. The van der Waals surface area contributed by atoms with Crippen LogP contribution in [0.2, 0.25) is 5.02 Å². The molecular weight excluding hydrogens is 242 g/mol. The van der Waals surface area contributed by atoms with E-state index in [0.29, 0.717) is 11.6 Å². The Morgan fingerprint density at radius 3 is 2.65 bits per heavy atom. The van der Waals surface area contributed by atoms with Gasteiger partial charge in [0, 0.05) is 11.6 Å². The molecule has 1 aromatic rings. The Hall–Kier alpha value is -1.26. The van der Waals surface area contributed by atoms with Gasteiger partial charge < -0.3 is 9.47 Å². The molecule has 0 unspecified atom stereocenters. The zero-order valence-corrected chi connectivity index (χ0v) is 11.0. The maximum atomic E-state index is 11.1. The average molecular weight is 258 g/mol. The van der Waals surface area contributed by atoms with E-state index < -0.39 is 0 Å². The standard InChI is InChI=1S/C12H16ClNO3/c1-14(8-12(15)17-3)7-9-4-5-10(16-2)6-11(9)13/h4-6H,7-8H2,1-3H3. The Bertz CT molecular complexity index is 395. The molecule has 0 aliphatic carbocycles. The Kier molecular flexibility index (Phi) is 5.25. The molecule has 1 rings (SSSR count). The largest absolute Gasteiger partial charge is 0.497 e. The Labute approximate surface area is 106 Å². The van der Waals surface area contributed by atoms with Crippen molar-refractivity contribution in [1.29, 1.82) is 0 Å². The monoisotopic (exact) mass is 257 g/mol. The summed E-state index contributed by atoms with van der Waals surface area (Å²) in [6.45, 7) is 0.816. The summed E-state index contributed by atoms with van der Waals surface area (Å²) in [5, 5.41) is 0.626. The van der Waals surface area contributed by atoms with Crippen molar-refractivity contribution in [2.24, 2.45) is 0 Å². The van der Waals surface area contributed by atoms with Crippen LogP contribution in [0.4, 0.5) is 0 Å². The Morgan fingerprint density at radius 2 is 2.12 bits per heavy atom. The lowest BCUT2D eigenvalue weighted by atomic mass is 10.2. The zero-order chi connectivity index (χ0) is 12.8. The van der Waals surface area contributed by atoms with Crippen molar-refractivity contribution >= 4 is 17.6 Å². The number of carbonyl (C=O) groups excluding carboxylic acids is 1. The van der Waals surface area contributed by atoms with Gasteiger partial charge in [-0.05, 0) is 24.7 Å². The lowest BCUT2D eigenvalue weighted by Crippen LogP contribution is -2.26. The van der Waals surface area contributed by atoms with Gasteiger partial charge in [0.1, 0.15) is 5.75 Å². The number of rotatable bonds is 5. The van der Waals surface area contributed by atoms with Gasteiger partial charge in [-0.2, -0.15) is 0 Å². The fourth-order valence-corrected chi connectivity index (χ4v) is 1.65. The molecule has 17 heavy (non-hydrogen) atoms. The van der Waals surface area contributed by atoms with Gasteiger partial charge >= 0.3 is 5.97 Å². The molecule has 0 heterocycles. The fourth-order valence-electron chi connectivity index (χ4n) is 1.41. The van der Waals surface area contributed by atoms with Crippen LogP contribution in [-0.4, -0.2) is 38.7 Å². The van der Waals surface area contributed by atoms with Gasteiger partial charge in [-0.25, -0.2) is 0 Å². The highest BCUT2D eigenvalue weighted by Gasteiger charge is 2.09. The Morgan fingerprint density at radius 1 is 1.41 bits per heavy atom. The minimum absolute atomic E-state index is 0.235. The van der Waals surface area contributed by atoms with Gasteiger partial charge in [-0.15, -0.1) is 0 Å². The first kappa shape index (κ1) is 13.8. The summed E-state index contributed by atoms with van der Waals surface area (Å²) in [7, 11) is 4.79. The van der Waals surface area contributed by atoms with Crippen LogP contribution in [0.3, 0.4) is 0 Å². The number of ether oxygens (including phenoxy) is 2. The second-order valence-corrected chi connectivity index (χ2v) is 4.11. The minimum atomic E-state index is -0.267. The molecule has 94 valence electrons. The molecule has 0 spiro atoms. The summed E-state index contributed by atoms with van der Waals surface area (Å²) < 4.78 is 9.66. The predicted octanol–water partition coefficient (Wildman–Crippen LogP) is 1.95. The first-order valence-corrected chi connectivity index (χ1v) is 5.52. The molecule has 5 heteroatoms. The molecule has 0 N–H and O–H groups in total. The summed E-state index contributed by atoms with van der Waals surface area (Å²) >= 11 is 6.10. The van der Waals surface area contributed by atoms with E-state index in [0.717, 1.165) is 11.3 Å². The molecule has 0 aliphatic heterocycles. The van der Waals surface area contributed by atoms with E-state index in [-0.39, 0.29) is 12.5 Å². The quantitative estimate of drug-likeness (QED) is 0.756. The second kappa shape index (κ2) is 6.47. The number of halogens is 1. The first-order valence-electron chi connectivity index (χ1n) is 5.14. The third-order valence-electron chi connectivity index (χ3n) is 2.33. The number of benzene rings is 1. The minimum Gasteiger partial charge on any atom is -0.497 e. The van der Waals surface area contributed by atoms with Gasteiger partial charge in [-0.3, -0.25) is 9.69 Å². The van der Waals surface area contributed by atoms with Crippen molar-refractivity contribution < 1.29 is 14.3 Å². The van der Waals surface area contributed by atoms with Crippen LogP contribution in [0, 0.1) is 0 Å². The highest BCUT2D eigenvalue weighted by Crippen LogP contribution is 2.23. The summed E-state index contributed by atoms with van der Waals surface area (Å²) in [6, 6.07) is 5.48. The topological polar surface area (TPSA) is 38.8 Å².